The second-order valence-electron chi connectivity index (χ2n) is 6.06. The maximum Gasteiger partial charge on any atom is 0.240 e. The van der Waals surface area contributed by atoms with Gasteiger partial charge >= 0.3 is 0 Å². The Labute approximate surface area is 164 Å². The lowest BCUT2D eigenvalue weighted by molar-refractivity contribution is -0.116. The third-order valence-electron chi connectivity index (χ3n) is 4.20. The molecule has 2 heterocycles. The molecule has 0 fully saturated rings. The second-order valence-corrected chi connectivity index (χ2v) is 7.60. The SMILES string of the molecule is Cc1nnc2n1N[C@@H](c1ccc(Cl)cc1)[C@H](C(=O)Nc1ccc(F)cc1)S2. The van der Waals surface area contributed by atoms with Gasteiger partial charge in [0.2, 0.25) is 11.1 Å². The van der Waals surface area contributed by atoms with Crippen molar-refractivity contribution in [3.8, 4) is 0 Å². The normalized spacial score (nSPS) is 18.5. The van der Waals surface area contributed by atoms with Crippen molar-refractivity contribution in [2.75, 3.05) is 10.7 Å². The first kappa shape index (κ1) is 17.8. The van der Waals surface area contributed by atoms with E-state index >= 15 is 0 Å². The lowest BCUT2D eigenvalue weighted by Gasteiger charge is -2.32. The molecular weight excluding hydrogens is 389 g/mol. The minimum absolute atomic E-state index is 0.217. The van der Waals surface area contributed by atoms with Gasteiger partial charge in [-0.1, -0.05) is 35.5 Å². The largest absolute Gasteiger partial charge is 0.325 e. The maximum absolute atomic E-state index is 13.1. The predicted octanol–water partition coefficient (Wildman–Crippen LogP) is 3.78. The zero-order valence-electron chi connectivity index (χ0n) is 14.2. The Morgan fingerprint density at radius 3 is 2.59 bits per heavy atom. The molecule has 0 aliphatic carbocycles. The van der Waals surface area contributed by atoms with Crippen LogP contribution >= 0.6 is 23.4 Å². The van der Waals surface area contributed by atoms with Crippen molar-refractivity contribution >= 4 is 35.0 Å². The van der Waals surface area contributed by atoms with Crippen LogP contribution in [-0.2, 0) is 4.79 Å². The van der Waals surface area contributed by atoms with Crippen LogP contribution in [0, 0.1) is 12.7 Å². The minimum atomic E-state index is -0.507. The molecule has 27 heavy (non-hydrogen) atoms. The van der Waals surface area contributed by atoms with E-state index in [-0.39, 0.29) is 17.8 Å². The van der Waals surface area contributed by atoms with Crippen molar-refractivity contribution in [1.82, 2.24) is 14.9 Å². The number of aromatic nitrogens is 3. The molecule has 0 saturated carbocycles. The summed E-state index contributed by atoms with van der Waals surface area (Å²) in [4.78, 5) is 13.0. The number of benzene rings is 2. The lowest BCUT2D eigenvalue weighted by Crippen LogP contribution is -2.41. The van der Waals surface area contributed by atoms with Gasteiger partial charge in [0.25, 0.3) is 0 Å². The molecule has 9 heteroatoms. The van der Waals surface area contributed by atoms with Crippen LogP contribution < -0.4 is 10.7 Å². The number of hydrogen-bond donors (Lipinski definition) is 2. The number of nitrogens with one attached hydrogen (secondary N) is 2. The summed E-state index contributed by atoms with van der Waals surface area (Å²) in [6.07, 6.45) is 0. The van der Waals surface area contributed by atoms with E-state index in [9.17, 15) is 9.18 Å². The van der Waals surface area contributed by atoms with Gasteiger partial charge < -0.3 is 10.7 Å². The zero-order chi connectivity index (χ0) is 19.0. The summed E-state index contributed by atoms with van der Waals surface area (Å²) in [6, 6.07) is 12.7. The fraction of sp³-hybridized carbons (Fsp3) is 0.167. The molecule has 0 spiro atoms. The Hall–Kier alpha value is -2.58. The molecule has 6 nitrogen and oxygen atoms in total. The van der Waals surface area contributed by atoms with Gasteiger partial charge in [0.15, 0.2) is 0 Å². The molecule has 2 aromatic carbocycles. The summed E-state index contributed by atoms with van der Waals surface area (Å²) in [5, 5.41) is 11.7. The van der Waals surface area contributed by atoms with Crippen LogP contribution in [0.4, 0.5) is 10.1 Å². The molecule has 138 valence electrons. The van der Waals surface area contributed by atoms with Crippen LogP contribution in [0.15, 0.2) is 53.7 Å². The first-order valence-corrected chi connectivity index (χ1v) is 9.44. The number of fused-ring (bicyclic) bond motifs is 1. The van der Waals surface area contributed by atoms with E-state index in [1.165, 1.54) is 36.0 Å². The Balaban J connectivity index is 1.65. The second kappa shape index (κ2) is 7.21. The summed E-state index contributed by atoms with van der Waals surface area (Å²) in [6.45, 7) is 1.84. The number of halogens is 2. The van der Waals surface area contributed by atoms with Crippen LogP contribution in [0.25, 0.3) is 0 Å². The molecule has 0 saturated heterocycles. The summed E-state index contributed by atoms with van der Waals surface area (Å²) < 4.78 is 14.9. The summed E-state index contributed by atoms with van der Waals surface area (Å²) in [5.74, 6) is 0.129. The first-order chi connectivity index (χ1) is 13.0. The quantitative estimate of drug-likeness (QED) is 0.696. The van der Waals surface area contributed by atoms with Crippen LogP contribution in [0.3, 0.4) is 0 Å². The van der Waals surface area contributed by atoms with E-state index in [4.69, 9.17) is 11.6 Å². The monoisotopic (exact) mass is 403 g/mol. The van der Waals surface area contributed by atoms with Crippen LogP contribution in [0.5, 0.6) is 0 Å². The molecule has 3 aromatic rings. The molecule has 1 aromatic heterocycles. The van der Waals surface area contributed by atoms with Crippen molar-refractivity contribution in [2.24, 2.45) is 0 Å². The molecule has 2 atom stereocenters. The number of carbonyl (C=O) groups is 1. The summed E-state index contributed by atoms with van der Waals surface area (Å²) in [5.41, 5.74) is 4.75. The topological polar surface area (TPSA) is 71.8 Å². The standard InChI is InChI=1S/C18H15ClFN5OS/c1-10-22-23-18-25(10)24-15(11-2-4-12(19)5-3-11)16(27-18)17(26)21-14-8-6-13(20)7-9-14/h2-9,15-16,24H,1H3,(H,21,26)/t15-,16+/m0/s1. The summed E-state index contributed by atoms with van der Waals surface area (Å²) in [7, 11) is 0. The van der Waals surface area contributed by atoms with Gasteiger partial charge in [0.05, 0.1) is 6.04 Å². The highest BCUT2D eigenvalue weighted by Gasteiger charge is 2.37. The smallest absolute Gasteiger partial charge is 0.240 e. The van der Waals surface area contributed by atoms with Gasteiger partial charge in [-0.2, -0.15) is 0 Å². The van der Waals surface area contributed by atoms with E-state index in [0.717, 1.165) is 5.56 Å². The highest BCUT2D eigenvalue weighted by Crippen LogP contribution is 2.37. The lowest BCUT2D eigenvalue weighted by atomic mass is 10.0. The van der Waals surface area contributed by atoms with Gasteiger partial charge in [-0.05, 0) is 48.9 Å². The van der Waals surface area contributed by atoms with Crippen molar-refractivity contribution in [2.45, 2.75) is 23.4 Å². The predicted molar refractivity (Wildman–Crippen MR) is 103 cm³/mol. The number of amides is 1. The first-order valence-electron chi connectivity index (χ1n) is 8.18. The highest BCUT2D eigenvalue weighted by atomic mass is 35.5. The fourth-order valence-corrected chi connectivity index (χ4v) is 4.08. The van der Waals surface area contributed by atoms with E-state index in [1.54, 1.807) is 16.8 Å². The number of hydrogen-bond acceptors (Lipinski definition) is 5. The number of thioether (sulfide) groups is 1. The van der Waals surface area contributed by atoms with Gasteiger partial charge in [-0.25, -0.2) is 9.07 Å². The fourth-order valence-electron chi connectivity index (χ4n) is 2.83. The third kappa shape index (κ3) is 3.63. The summed E-state index contributed by atoms with van der Waals surface area (Å²) >= 11 is 7.32. The highest BCUT2D eigenvalue weighted by molar-refractivity contribution is 8.00. The zero-order valence-corrected chi connectivity index (χ0v) is 15.8. The number of aryl methyl sites for hydroxylation is 1. The van der Waals surface area contributed by atoms with Crippen molar-refractivity contribution in [1.29, 1.82) is 0 Å². The van der Waals surface area contributed by atoms with Crippen molar-refractivity contribution < 1.29 is 9.18 Å². The third-order valence-corrected chi connectivity index (χ3v) is 5.66. The Bertz CT molecular complexity index is 976. The average Bonchev–Trinajstić information content (AvgIpc) is 3.03. The molecule has 4 rings (SSSR count). The van der Waals surface area contributed by atoms with Gasteiger partial charge in [0, 0.05) is 10.7 Å². The van der Waals surface area contributed by atoms with E-state index in [1.807, 2.05) is 19.1 Å². The van der Waals surface area contributed by atoms with Gasteiger partial charge in [0.1, 0.15) is 16.9 Å². The molecule has 1 aliphatic rings. The van der Waals surface area contributed by atoms with Crippen molar-refractivity contribution in [3.05, 3.63) is 70.8 Å². The van der Waals surface area contributed by atoms with Crippen LogP contribution in [0.2, 0.25) is 5.02 Å². The molecule has 1 aliphatic heterocycles. The van der Waals surface area contributed by atoms with E-state index in [0.29, 0.717) is 21.7 Å². The van der Waals surface area contributed by atoms with Crippen LogP contribution in [-0.4, -0.2) is 26.0 Å². The van der Waals surface area contributed by atoms with Gasteiger partial charge in [-0.3, -0.25) is 4.79 Å². The molecular formula is C18H15ClFN5OS. The van der Waals surface area contributed by atoms with E-state index in [2.05, 4.69) is 20.9 Å². The maximum atomic E-state index is 13.1. The molecule has 1 amide bonds. The molecule has 0 radical (unpaired) electrons. The van der Waals surface area contributed by atoms with E-state index < -0.39 is 5.25 Å². The number of carbonyl (C=O) groups excluding carboxylic acids is 1. The minimum Gasteiger partial charge on any atom is -0.325 e. The molecule has 0 unspecified atom stereocenters. The molecule has 2 N–H and O–H groups in total. The number of anilines is 1. The molecule has 0 bridgehead atoms. The Morgan fingerprint density at radius 1 is 1.19 bits per heavy atom. The Morgan fingerprint density at radius 2 is 1.89 bits per heavy atom. The number of rotatable bonds is 3. The van der Waals surface area contributed by atoms with Crippen LogP contribution in [0.1, 0.15) is 17.4 Å². The average molecular weight is 404 g/mol. The number of nitrogens with zero attached hydrogens (tertiary/aromatic N) is 3. The Kier molecular flexibility index (Phi) is 4.75. The van der Waals surface area contributed by atoms with Crippen molar-refractivity contribution in [3.63, 3.8) is 0 Å². The van der Waals surface area contributed by atoms with Gasteiger partial charge in [-0.15, -0.1) is 10.2 Å².